The molecule has 1 atom stereocenters. The monoisotopic (exact) mass is 580 g/mol. The van der Waals surface area contributed by atoms with E-state index in [-0.39, 0.29) is 10.0 Å². The van der Waals surface area contributed by atoms with Gasteiger partial charge in [-0.15, -0.1) is 0 Å². The van der Waals surface area contributed by atoms with Gasteiger partial charge in [-0.25, -0.2) is 26.8 Å². The Morgan fingerprint density at radius 2 is 1.46 bits per heavy atom. The van der Waals surface area contributed by atoms with Crippen molar-refractivity contribution in [2.75, 3.05) is 5.75 Å². The first kappa shape index (κ1) is 29.2. The summed E-state index contributed by atoms with van der Waals surface area (Å²) in [6.07, 6.45) is -2.45. The summed E-state index contributed by atoms with van der Waals surface area (Å²) >= 11 is 3.08. The zero-order valence-electron chi connectivity index (χ0n) is 21.2. The minimum atomic E-state index is -4.20. The average molecular weight is 581 g/mol. The molecule has 0 bridgehead atoms. The molecular formula is C23H31BrF2N2O6S. The summed E-state index contributed by atoms with van der Waals surface area (Å²) in [6.45, 7) is 13.2. The first-order valence-corrected chi connectivity index (χ1v) is 13.2. The van der Waals surface area contributed by atoms with Crippen LogP contribution in [-0.4, -0.2) is 53.0 Å². The summed E-state index contributed by atoms with van der Waals surface area (Å²) in [5.41, 5.74) is -4.37. The van der Waals surface area contributed by atoms with Gasteiger partial charge in [0.1, 0.15) is 27.3 Å². The van der Waals surface area contributed by atoms with E-state index in [1.54, 1.807) is 41.5 Å². The number of rotatable bonds is 1. The second-order valence-corrected chi connectivity index (χ2v) is 14.5. The number of aliphatic imine (C=N–C) groups is 1. The van der Waals surface area contributed by atoms with Crippen LogP contribution in [0.4, 0.5) is 18.4 Å². The third-order valence-corrected chi connectivity index (χ3v) is 8.21. The highest BCUT2D eigenvalue weighted by molar-refractivity contribution is 9.10. The van der Waals surface area contributed by atoms with Crippen LogP contribution in [0.15, 0.2) is 21.6 Å². The lowest BCUT2D eigenvalue weighted by atomic mass is 9.93. The molecule has 1 aliphatic rings. The van der Waals surface area contributed by atoms with Crippen molar-refractivity contribution in [1.82, 2.24) is 4.90 Å². The number of amidine groups is 1. The van der Waals surface area contributed by atoms with E-state index in [4.69, 9.17) is 9.47 Å². The van der Waals surface area contributed by atoms with Gasteiger partial charge in [0, 0.05) is 10.0 Å². The Morgan fingerprint density at radius 3 is 1.89 bits per heavy atom. The fourth-order valence-corrected chi connectivity index (χ4v) is 5.52. The first-order valence-electron chi connectivity index (χ1n) is 10.7. The Balaban J connectivity index is 2.88. The number of hydrogen-bond donors (Lipinski definition) is 0. The number of nitrogens with zero attached hydrogens (tertiary/aromatic N) is 2. The number of halogens is 3. The van der Waals surface area contributed by atoms with Crippen molar-refractivity contribution in [2.45, 2.75) is 83.8 Å². The number of benzene rings is 1. The number of amides is 2. The molecule has 0 N–H and O–H groups in total. The molecule has 12 heteroatoms. The van der Waals surface area contributed by atoms with Crippen molar-refractivity contribution >= 4 is 43.8 Å². The molecule has 0 unspecified atom stereocenters. The molecule has 35 heavy (non-hydrogen) atoms. The zero-order valence-corrected chi connectivity index (χ0v) is 23.7. The van der Waals surface area contributed by atoms with Crippen LogP contribution in [0, 0.1) is 11.6 Å². The Hall–Kier alpha value is -2.08. The maximum absolute atomic E-state index is 14.9. The maximum Gasteiger partial charge on any atom is 0.425 e. The lowest BCUT2D eigenvalue weighted by Crippen LogP contribution is -2.61. The highest BCUT2D eigenvalue weighted by Gasteiger charge is 2.55. The molecule has 0 spiro atoms. The van der Waals surface area contributed by atoms with Gasteiger partial charge in [-0.1, -0.05) is 15.9 Å². The van der Waals surface area contributed by atoms with Crippen molar-refractivity contribution < 1.29 is 36.3 Å². The molecule has 1 aromatic carbocycles. The molecule has 0 fully saturated rings. The van der Waals surface area contributed by atoms with Crippen LogP contribution in [0.1, 0.15) is 67.9 Å². The van der Waals surface area contributed by atoms with Crippen LogP contribution in [0.2, 0.25) is 0 Å². The second-order valence-electron chi connectivity index (χ2n) is 11.0. The summed E-state index contributed by atoms with van der Waals surface area (Å²) in [4.78, 5) is 31.2. The van der Waals surface area contributed by atoms with Gasteiger partial charge in [0.25, 0.3) is 0 Å². The van der Waals surface area contributed by atoms with Gasteiger partial charge < -0.3 is 9.47 Å². The molecule has 1 heterocycles. The number of hydrogen-bond acceptors (Lipinski definition) is 7. The van der Waals surface area contributed by atoms with Crippen molar-refractivity contribution in [3.8, 4) is 0 Å². The number of carbonyl (C=O) groups excluding carboxylic acids is 2. The topological polar surface area (TPSA) is 102 Å². The lowest BCUT2D eigenvalue weighted by Gasteiger charge is -2.42. The largest absolute Gasteiger partial charge is 0.443 e. The van der Waals surface area contributed by atoms with Gasteiger partial charge in [-0.3, -0.25) is 4.99 Å². The van der Waals surface area contributed by atoms with Gasteiger partial charge in [-0.2, -0.15) is 4.90 Å². The van der Waals surface area contributed by atoms with E-state index in [1.165, 1.54) is 26.8 Å². The Kier molecular flexibility index (Phi) is 7.58. The van der Waals surface area contributed by atoms with Crippen molar-refractivity contribution in [1.29, 1.82) is 0 Å². The van der Waals surface area contributed by atoms with E-state index < -0.39 is 66.7 Å². The summed E-state index contributed by atoms with van der Waals surface area (Å²) < 4.78 is 65.0. The molecule has 0 aromatic heterocycles. The summed E-state index contributed by atoms with van der Waals surface area (Å²) in [5, 5.41) is 0. The molecular weight excluding hydrogens is 550 g/mol. The minimum Gasteiger partial charge on any atom is -0.443 e. The molecule has 8 nitrogen and oxygen atoms in total. The fraction of sp³-hybridized carbons (Fsp3) is 0.609. The van der Waals surface area contributed by atoms with Gasteiger partial charge >= 0.3 is 12.2 Å². The molecule has 196 valence electrons. The van der Waals surface area contributed by atoms with E-state index in [0.717, 1.165) is 6.07 Å². The molecule has 1 aliphatic heterocycles. The van der Waals surface area contributed by atoms with Crippen molar-refractivity contribution in [3.05, 3.63) is 33.8 Å². The summed E-state index contributed by atoms with van der Waals surface area (Å²) in [5.74, 6) is -3.75. The number of imide groups is 1. The first-order chi connectivity index (χ1) is 15.5. The van der Waals surface area contributed by atoms with Gasteiger partial charge in [0.05, 0.1) is 5.75 Å². The van der Waals surface area contributed by atoms with E-state index >= 15 is 0 Å². The van der Waals surface area contributed by atoms with E-state index in [1.807, 2.05) is 0 Å². The van der Waals surface area contributed by atoms with Crippen LogP contribution >= 0.6 is 15.9 Å². The van der Waals surface area contributed by atoms with Crippen LogP contribution < -0.4 is 0 Å². The van der Waals surface area contributed by atoms with E-state index in [9.17, 15) is 26.8 Å². The van der Waals surface area contributed by atoms with Crippen molar-refractivity contribution in [2.24, 2.45) is 4.99 Å². The molecule has 0 saturated heterocycles. The predicted molar refractivity (Wildman–Crippen MR) is 131 cm³/mol. The summed E-state index contributed by atoms with van der Waals surface area (Å²) in [7, 11) is -4.20. The van der Waals surface area contributed by atoms with Crippen LogP contribution in [-0.2, 0) is 24.8 Å². The Morgan fingerprint density at radius 1 is 1.00 bits per heavy atom. The molecule has 0 radical (unpaired) electrons. The molecule has 0 aliphatic carbocycles. The maximum atomic E-state index is 14.9. The SMILES string of the molecule is CC(C)(C)OC(=O)N(C(=O)OC(C)(C)C)C1=N[C@](C)(c2cc(Br)cc(F)c2F)CS(=O)(=O)C1(C)C. The third kappa shape index (κ3) is 6.19. The highest BCUT2D eigenvalue weighted by Crippen LogP contribution is 2.41. The predicted octanol–water partition coefficient (Wildman–Crippen LogP) is 5.72. The average Bonchev–Trinajstić information content (AvgIpc) is 2.59. The van der Waals surface area contributed by atoms with Crippen LogP contribution in [0.25, 0.3) is 0 Å². The Bertz CT molecular complexity index is 1160. The second kappa shape index (κ2) is 9.10. The molecule has 0 saturated carbocycles. The molecule has 2 rings (SSSR count). The number of sulfone groups is 1. The standard InChI is InChI=1S/C23H31BrF2N2O6S/c1-20(2,3)33-18(29)28(19(30)34-21(4,5)6)17-22(7,8)35(31,32)12-23(9,27-17)14-10-13(24)11-15(25)16(14)26/h10-11H,12H2,1-9H3/t23-/m0/s1. The summed E-state index contributed by atoms with van der Waals surface area (Å²) in [6, 6.07) is 2.10. The van der Waals surface area contributed by atoms with Gasteiger partial charge in [-0.05, 0) is 74.4 Å². The van der Waals surface area contributed by atoms with Gasteiger partial charge in [0.2, 0.25) is 0 Å². The smallest absolute Gasteiger partial charge is 0.425 e. The fourth-order valence-electron chi connectivity index (χ4n) is 3.36. The lowest BCUT2D eigenvalue weighted by molar-refractivity contribution is 0.0139. The number of ether oxygens (including phenoxy) is 2. The van der Waals surface area contributed by atoms with Crippen molar-refractivity contribution in [3.63, 3.8) is 0 Å². The van der Waals surface area contributed by atoms with E-state index in [2.05, 4.69) is 20.9 Å². The van der Waals surface area contributed by atoms with Crippen LogP contribution in [0.3, 0.4) is 0 Å². The normalized spacial score (nSPS) is 21.7. The van der Waals surface area contributed by atoms with Gasteiger partial charge in [0.15, 0.2) is 21.5 Å². The van der Waals surface area contributed by atoms with E-state index in [0.29, 0.717) is 4.90 Å². The molecule has 1 aromatic rings. The minimum absolute atomic E-state index is 0.155. The quantitative estimate of drug-likeness (QED) is 0.393. The third-order valence-electron chi connectivity index (χ3n) is 5.08. The highest BCUT2D eigenvalue weighted by atomic mass is 79.9. The zero-order chi connectivity index (χ0) is 27.4. The molecule has 2 amide bonds. The van der Waals surface area contributed by atoms with Crippen LogP contribution in [0.5, 0.6) is 0 Å². The Labute approximate surface area is 213 Å². The number of carbonyl (C=O) groups is 2.